The lowest BCUT2D eigenvalue weighted by molar-refractivity contribution is 0.385. The molecule has 0 spiro atoms. The van der Waals surface area contributed by atoms with E-state index in [1.165, 1.54) is 10.4 Å². The Balaban J connectivity index is 1.44. The lowest BCUT2D eigenvalue weighted by atomic mass is 10.1. The van der Waals surface area contributed by atoms with Crippen LogP contribution in [0.25, 0.3) is 11.4 Å². The number of benzene rings is 2. The van der Waals surface area contributed by atoms with Crippen molar-refractivity contribution in [2.24, 2.45) is 0 Å². The molecule has 1 saturated heterocycles. The third-order valence-corrected chi connectivity index (χ3v) is 7.34. The van der Waals surface area contributed by atoms with Crippen LogP contribution in [0.15, 0.2) is 51.9 Å². The molecule has 1 aliphatic heterocycles. The highest BCUT2D eigenvalue weighted by molar-refractivity contribution is 7.89. The number of aromatic nitrogens is 2. The van der Waals surface area contributed by atoms with Gasteiger partial charge in [0.2, 0.25) is 21.7 Å². The number of hydrogen-bond donors (Lipinski definition) is 0. The molecule has 1 aliphatic rings. The van der Waals surface area contributed by atoms with Crippen LogP contribution in [0, 0.1) is 13.8 Å². The van der Waals surface area contributed by atoms with Gasteiger partial charge in [-0.25, -0.2) is 8.42 Å². The minimum atomic E-state index is -3.55. The molecule has 2 aromatic carbocycles. The topological polar surface area (TPSA) is 79.5 Å². The van der Waals surface area contributed by atoms with E-state index in [0.717, 1.165) is 16.8 Å². The molecule has 4 rings (SSSR count). The first kappa shape index (κ1) is 19.9. The van der Waals surface area contributed by atoms with Crippen molar-refractivity contribution in [3.05, 3.63) is 58.9 Å². The number of anilines is 1. The molecule has 29 heavy (non-hydrogen) atoms. The number of sulfonamides is 1. The summed E-state index contributed by atoms with van der Waals surface area (Å²) in [7, 11) is -3.55. The van der Waals surface area contributed by atoms with Crippen LogP contribution in [-0.4, -0.2) is 49.0 Å². The Labute approximate surface area is 174 Å². The first-order chi connectivity index (χ1) is 13.8. The summed E-state index contributed by atoms with van der Waals surface area (Å²) in [6.07, 6.45) is 0. The molecule has 0 unspecified atom stereocenters. The molecule has 0 atom stereocenters. The molecule has 0 bridgehead atoms. The number of rotatable bonds is 4. The average Bonchev–Trinajstić information content (AvgIpc) is 3.16. The van der Waals surface area contributed by atoms with Gasteiger partial charge in [0, 0.05) is 49.4 Å². The van der Waals surface area contributed by atoms with Gasteiger partial charge in [0.05, 0.1) is 4.90 Å². The summed E-state index contributed by atoms with van der Waals surface area (Å²) in [6, 6.07) is 12.7. The Hall–Kier alpha value is -2.42. The highest BCUT2D eigenvalue weighted by Crippen LogP contribution is 2.26. The maximum Gasteiger partial charge on any atom is 0.243 e. The molecular weight excluding hydrogens is 412 g/mol. The maximum atomic E-state index is 12.9. The van der Waals surface area contributed by atoms with Gasteiger partial charge < -0.3 is 9.42 Å². The molecule has 152 valence electrons. The smallest absolute Gasteiger partial charge is 0.243 e. The molecule has 0 aliphatic carbocycles. The van der Waals surface area contributed by atoms with E-state index >= 15 is 0 Å². The number of nitrogens with zero attached hydrogens (tertiary/aromatic N) is 4. The standard InChI is InChI=1S/C20H21ClN4O3S/c1-14-3-8-18(13-19(14)21)29(26,27)25-11-9-24(10-12-25)17-6-4-16(5-7-17)20-22-15(2)28-23-20/h3-8,13H,9-12H2,1-2H3. The van der Waals surface area contributed by atoms with Crippen molar-refractivity contribution in [3.63, 3.8) is 0 Å². The van der Waals surface area contributed by atoms with Crippen molar-refractivity contribution in [2.45, 2.75) is 18.7 Å². The van der Waals surface area contributed by atoms with Crippen LogP contribution in [0.4, 0.5) is 5.69 Å². The maximum absolute atomic E-state index is 12.9. The molecule has 1 fully saturated rings. The Morgan fingerprint density at radius 1 is 1.00 bits per heavy atom. The number of aryl methyl sites for hydroxylation is 2. The molecule has 0 amide bonds. The largest absolute Gasteiger partial charge is 0.369 e. The Kier molecular flexibility index (Phi) is 5.33. The number of halogens is 1. The zero-order valence-electron chi connectivity index (χ0n) is 16.2. The summed E-state index contributed by atoms with van der Waals surface area (Å²) in [4.78, 5) is 6.63. The van der Waals surface area contributed by atoms with Crippen LogP contribution >= 0.6 is 11.6 Å². The summed E-state index contributed by atoms with van der Waals surface area (Å²) < 4.78 is 32.4. The average molecular weight is 433 g/mol. The van der Waals surface area contributed by atoms with Crippen molar-refractivity contribution in [2.75, 3.05) is 31.1 Å². The fourth-order valence-electron chi connectivity index (χ4n) is 3.31. The van der Waals surface area contributed by atoms with Gasteiger partial charge in [0.1, 0.15) is 0 Å². The Bertz CT molecular complexity index is 1120. The predicted molar refractivity (Wildman–Crippen MR) is 112 cm³/mol. The zero-order chi connectivity index (χ0) is 20.6. The number of piperazine rings is 1. The highest BCUT2D eigenvalue weighted by Gasteiger charge is 2.29. The molecule has 0 radical (unpaired) electrons. The van der Waals surface area contributed by atoms with Crippen molar-refractivity contribution >= 4 is 27.3 Å². The van der Waals surface area contributed by atoms with Crippen molar-refractivity contribution in [3.8, 4) is 11.4 Å². The van der Waals surface area contributed by atoms with Gasteiger partial charge >= 0.3 is 0 Å². The highest BCUT2D eigenvalue weighted by atomic mass is 35.5. The van der Waals surface area contributed by atoms with Gasteiger partial charge in [0.25, 0.3) is 0 Å². The molecule has 1 aromatic heterocycles. The minimum Gasteiger partial charge on any atom is -0.369 e. The van der Waals surface area contributed by atoms with Gasteiger partial charge in [0.15, 0.2) is 0 Å². The Morgan fingerprint density at radius 2 is 1.69 bits per heavy atom. The van der Waals surface area contributed by atoms with Crippen LogP contribution in [-0.2, 0) is 10.0 Å². The normalized spacial score (nSPS) is 15.6. The van der Waals surface area contributed by atoms with E-state index in [4.69, 9.17) is 16.1 Å². The van der Waals surface area contributed by atoms with E-state index in [9.17, 15) is 8.42 Å². The third-order valence-electron chi connectivity index (χ3n) is 5.04. The molecule has 0 N–H and O–H groups in total. The summed E-state index contributed by atoms with van der Waals surface area (Å²) in [5, 5.41) is 4.38. The summed E-state index contributed by atoms with van der Waals surface area (Å²) in [6.45, 7) is 5.66. The molecule has 3 aromatic rings. The van der Waals surface area contributed by atoms with Crippen LogP contribution < -0.4 is 4.90 Å². The fraction of sp³-hybridized carbons (Fsp3) is 0.300. The summed E-state index contributed by atoms with van der Waals surface area (Å²) >= 11 is 6.11. The monoisotopic (exact) mass is 432 g/mol. The predicted octanol–water partition coefficient (Wildman–Crippen LogP) is 3.52. The second-order valence-electron chi connectivity index (χ2n) is 6.99. The van der Waals surface area contributed by atoms with E-state index in [1.807, 2.05) is 31.2 Å². The lowest BCUT2D eigenvalue weighted by Gasteiger charge is -2.35. The third kappa shape index (κ3) is 4.01. The fourth-order valence-corrected chi connectivity index (χ4v) is 5.00. The van der Waals surface area contributed by atoms with Crippen LogP contribution in [0.3, 0.4) is 0 Å². The number of hydrogen-bond acceptors (Lipinski definition) is 6. The van der Waals surface area contributed by atoms with E-state index in [0.29, 0.717) is 42.9 Å². The zero-order valence-corrected chi connectivity index (χ0v) is 17.7. The lowest BCUT2D eigenvalue weighted by Crippen LogP contribution is -2.48. The van der Waals surface area contributed by atoms with Crippen molar-refractivity contribution < 1.29 is 12.9 Å². The first-order valence-electron chi connectivity index (χ1n) is 9.26. The van der Waals surface area contributed by atoms with Crippen LogP contribution in [0.2, 0.25) is 5.02 Å². The van der Waals surface area contributed by atoms with Gasteiger partial charge in [-0.15, -0.1) is 0 Å². The minimum absolute atomic E-state index is 0.237. The van der Waals surface area contributed by atoms with E-state index in [2.05, 4.69) is 15.0 Å². The second kappa shape index (κ2) is 7.78. The molecular formula is C20H21ClN4O3S. The molecule has 7 nitrogen and oxygen atoms in total. The first-order valence-corrected chi connectivity index (χ1v) is 11.1. The van der Waals surface area contributed by atoms with Crippen LogP contribution in [0.1, 0.15) is 11.5 Å². The van der Waals surface area contributed by atoms with Gasteiger partial charge in [-0.1, -0.05) is 22.8 Å². The van der Waals surface area contributed by atoms with Gasteiger partial charge in [-0.3, -0.25) is 0 Å². The molecule has 9 heteroatoms. The van der Waals surface area contributed by atoms with E-state index < -0.39 is 10.0 Å². The Morgan fingerprint density at radius 3 is 2.28 bits per heavy atom. The van der Waals surface area contributed by atoms with Gasteiger partial charge in [-0.05, 0) is 48.9 Å². The van der Waals surface area contributed by atoms with Crippen molar-refractivity contribution in [1.29, 1.82) is 0 Å². The molecule has 0 saturated carbocycles. The van der Waals surface area contributed by atoms with Crippen LogP contribution in [0.5, 0.6) is 0 Å². The van der Waals surface area contributed by atoms with E-state index in [-0.39, 0.29) is 4.90 Å². The summed E-state index contributed by atoms with van der Waals surface area (Å²) in [5.41, 5.74) is 2.77. The second-order valence-corrected chi connectivity index (χ2v) is 9.33. The molecule has 2 heterocycles. The van der Waals surface area contributed by atoms with E-state index in [1.54, 1.807) is 19.1 Å². The quantitative estimate of drug-likeness (QED) is 0.627. The summed E-state index contributed by atoms with van der Waals surface area (Å²) in [5.74, 6) is 1.08. The van der Waals surface area contributed by atoms with Crippen molar-refractivity contribution in [1.82, 2.24) is 14.4 Å². The SMILES string of the molecule is Cc1nc(-c2ccc(N3CCN(S(=O)(=O)c4ccc(C)c(Cl)c4)CC3)cc2)no1. The van der Waals surface area contributed by atoms with Gasteiger partial charge in [-0.2, -0.15) is 9.29 Å².